The van der Waals surface area contributed by atoms with Crippen LogP contribution in [0.15, 0.2) is 22.1 Å². The van der Waals surface area contributed by atoms with Crippen molar-refractivity contribution in [2.75, 3.05) is 19.5 Å². The third-order valence-electron chi connectivity index (χ3n) is 1.17. The fraction of sp³-hybridized carbons (Fsp3) is 0.571. The van der Waals surface area contributed by atoms with Gasteiger partial charge in [-0.2, -0.15) is 0 Å². The first-order chi connectivity index (χ1) is 5.83. The van der Waals surface area contributed by atoms with Crippen molar-refractivity contribution in [1.29, 1.82) is 0 Å². The standard InChI is InChI=1S/C7H11NO3S/c1-10-4-6(9)5-12-7-8-2-3-11-7/h2-3,6,9H,4-5H2,1H3. The number of oxazole rings is 1. The van der Waals surface area contributed by atoms with Crippen LogP contribution in [0.4, 0.5) is 0 Å². The molecule has 1 unspecified atom stereocenters. The number of thioether (sulfide) groups is 1. The minimum atomic E-state index is -0.466. The largest absolute Gasteiger partial charge is 0.440 e. The van der Waals surface area contributed by atoms with Gasteiger partial charge in [-0.1, -0.05) is 11.8 Å². The van der Waals surface area contributed by atoms with Crippen LogP contribution in [0.5, 0.6) is 0 Å². The van der Waals surface area contributed by atoms with Crippen molar-refractivity contribution in [3.63, 3.8) is 0 Å². The van der Waals surface area contributed by atoms with Gasteiger partial charge in [0.05, 0.1) is 18.9 Å². The van der Waals surface area contributed by atoms with Gasteiger partial charge in [-0.05, 0) is 0 Å². The molecule has 0 aliphatic rings. The Bertz CT molecular complexity index is 202. The molecule has 0 aromatic carbocycles. The number of rotatable bonds is 5. The van der Waals surface area contributed by atoms with E-state index in [4.69, 9.17) is 9.15 Å². The molecular formula is C7H11NO3S. The zero-order valence-electron chi connectivity index (χ0n) is 6.77. The summed E-state index contributed by atoms with van der Waals surface area (Å²) >= 11 is 1.37. The summed E-state index contributed by atoms with van der Waals surface area (Å²) < 4.78 is 9.72. The molecule has 1 atom stereocenters. The van der Waals surface area contributed by atoms with Gasteiger partial charge < -0.3 is 14.3 Å². The number of hydrogen-bond acceptors (Lipinski definition) is 5. The maximum absolute atomic E-state index is 9.23. The van der Waals surface area contributed by atoms with Crippen molar-refractivity contribution >= 4 is 11.8 Å². The lowest BCUT2D eigenvalue weighted by Crippen LogP contribution is -2.16. The monoisotopic (exact) mass is 189 g/mol. The van der Waals surface area contributed by atoms with Gasteiger partial charge >= 0.3 is 0 Å². The maximum atomic E-state index is 9.23. The van der Waals surface area contributed by atoms with E-state index in [2.05, 4.69) is 4.98 Å². The third kappa shape index (κ3) is 3.25. The molecule has 1 rings (SSSR count). The zero-order chi connectivity index (χ0) is 8.81. The number of aliphatic hydroxyl groups excluding tert-OH is 1. The zero-order valence-corrected chi connectivity index (χ0v) is 7.58. The number of methoxy groups -OCH3 is 1. The van der Waals surface area contributed by atoms with E-state index in [9.17, 15) is 5.11 Å². The second kappa shape index (κ2) is 5.18. The van der Waals surface area contributed by atoms with Gasteiger partial charge in [0.25, 0.3) is 5.22 Å². The predicted octanol–water partition coefficient (Wildman–Crippen LogP) is 0.774. The lowest BCUT2D eigenvalue weighted by atomic mass is 10.4. The summed E-state index contributed by atoms with van der Waals surface area (Å²) in [7, 11) is 1.55. The molecule has 0 aliphatic heterocycles. The molecule has 1 N–H and O–H groups in total. The van der Waals surface area contributed by atoms with Crippen LogP contribution in [0.3, 0.4) is 0 Å². The Kier molecular flexibility index (Phi) is 4.13. The molecule has 0 saturated heterocycles. The second-order valence-electron chi connectivity index (χ2n) is 2.22. The molecule has 68 valence electrons. The normalized spacial score (nSPS) is 13.2. The molecule has 1 aromatic rings. The minimum absolute atomic E-state index is 0.341. The van der Waals surface area contributed by atoms with Gasteiger partial charge in [-0.3, -0.25) is 0 Å². The number of aliphatic hydroxyl groups is 1. The van der Waals surface area contributed by atoms with Crippen molar-refractivity contribution in [3.8, 4) is 0 Å². The van der Waals surface area contributed by atoms with Gasteiger partial charge in [0, 0.05) is 12.9 Å². The highest BCUT2D eigenvalue weighted by molar-refractivity contribution is 7.99. The Morgan fingerprint density at radius 2 is 2.67 bits per heavy atom. The first-order valence-corrected chi connectivity index (χ1v) is 4.50. The summed E-state index contributed by atoms with van der Waals surface area (Å²) in [5.41, 5.74) is 0. The highest BCUT2D eigenvalue weighted by Gasteiger charge is 2.06. The first-order valence-electron chi connectivity index (χ1n) is 3.52. The second-order valence-corrected chi connectivity index (χ2v) is 3.19. The average molecular weight is 189 g/mol. The van der Waals surface area contributed by atoms with Crippen molar-refractivity contribution in [2.45, 2.75) is 11.3 Å². The first kappa shape index (κ1) is 9.57. The molecule has 1 aromatic heterocycles. The van der Waals surface area contributed by atoms with Gasteiger partial charge in [0.2, 0.25) is 0 Å². The molecular weight excluding hydrogens is 178 g/mol. The molecule has 0 amide bonds. The number of nitrogens with zero attached hydrogens (tertiary/aromatic N) is 1. The molecule has 0 bridgehead atoms. The van der Waals surface area contributed by atoms with Crippen LogP contribution in [0, 0.1) is 0 Å². The van der Waals surface area contributed by atoms with Crippen molar-refractivity contribution in [1.82, 2.24) is 4.98 Å². The van der Waals surface area contributed by atoms with Gasteiger partial charge in [-0.25, -0.2) is 4.98 Å². The van der Waals surface area contributed by atoms with Gasteiger partial charge in [-0.15, -0.1) is 0 Å². The highest BCUT2D eigenvalue weighted by atomic mass is 32.2. The topological polar surface area (TPSA) is 55.5 Å². The van der Waals surface area contributed by atoms with Crippen molar-refractivity contribution < 1.29 is 14.3 Å². The molecule has 0 fully saturated rings. The van der Waals surface area contributed by atoms with E-state index < -0.39 is 6.10 Å². The Morgan fingerprint density at radius 1 is 1.83 bits per heavy atom. The van der Waals surface area contributed by atoms with Crippen LogP contribution in [0.1, 0.15) is 0 Å². The Labute approximate surface area is 74.9 Å². The third-order valence-corrected chi connectivity index (χ3v) is 2.17. The molecule has 0 saturated carbocycles. The van der Waals surface area contributed by atoms with Gasteiger partial charge in [0.1, 0.15) is 6.26 Å². The summed E-state index contributed by atoms with van der Waals surface area (Å²) in [6.45, 7) is 0.341. The average Bonchev–Trinajstić information content (AvgIpc) is 2.53. The molecule has 0 spiro atoms. The summed E-state index contributed by atoms with van der Waals surface area (Å²) in [6.07, 6.45) is 2.61. The molecule has 5 heteroatoms. The highest BCUT2D eigenvalue weighted by Crippen LogP contribution is 2.15. The fourth-order valence-electron chi connectivity index (χ4n) is 0.690. The molecule has 0 aliphatic carbocycles. The lowest BCUT2D eigenvalue weighted by Gasteiger charge is -2.05. The summed E-state index contributed by atoms with van der Waals surface area (Å²) in [5, 5.41) is 9.81. The smallest absolute Gasteiger partial charge is 0.255 e. The number of ether oxygens (including phenoxy) is 1. The predicted molar refractivity (Wildman–Crippen MR) is 45.1 cm³/mol. The van der Waals surface area contributed by atoms with Crippen LogP contribution in [0.25, 0.3) is 0 Å². The molecule has 12 heavy (non-hydrogen) atoms. The van der Waals surface area contributed by atoms with E-state index in [-0.39, 0.29) is 0 Å². The Hall–Kier alpha value is -0.520. The Morgan fingerprint density at radius 3 is 3.25 bits per heavy atom. The molecule has 0 radical (unpaired) electrons. The number of aromatic nitrogens is 1. The van der Waals surface area contributed by atoms with Gasteiger partial charge in [0.15, 0.2) is 0 Å². The SMILES string of the molecule is COCC(O)CSc1ncco1. The van der Waals surface area contributed by atoms with E-state index in [1.807, 2.05) is 0 Å². The fourth-order valence-corrected chi connectivity index (χ4v) is 1.38. The van der Waals surface area contributed by atoms with E-state index >= 15 is 0 Å². The van der Waals surface area contributed by atoms with E-state index in [1.165, 1.54) is 18.0 Å². The van der Waals surface area contributed by atoms with Crippen molar-refractivity contribution in [3.05, 3.63) is 12.5 Å². The maximum Gasteiger partial charge on any atom is 0.255 e. The van der Waals surface area contributed by atoms with Crippen LogP contribution in [-0.4, -0.2) is 35.7 Å². The van der Waals surface area contributed by atoms with E-state index in [1.54, 1.807) is 13.3 Å². The van der Waals surface area contributed by atoms with Crippen molar-refractivity contribution in [2.24, 2.45) is 0 Å². The molecule has 1 heterocycles. The minimum Gasteiger partial charge on any atom is -0.440 e. The summed E-state index contributed by atoms with van der Waals surface area (Å²) in [4.78, 5) is 3.89. The van der Waals surface area contributed by atoms with Crippen LogP contribution < -0.4 is 0 Å². The van der Waals surface area contributed by atoms with Crippen LogP contribution >= 0.6 is 11.8 Å². The van der Waals surface area contributed by atoms with E-state index in [0.29, 0.717) is 17.6 Å². The summed E-state index contributed by atoms with van der Waals surface area (Å²) in [5.74, 6) is 0.536. The Balaban J connectivity index is 2.17. The summed E-state index contributed by atoms with van der Waals surface area (Å²) in [6, 6.07) is 0. The lowest BCUT2D eigenvalue weighted by molar-refractivity contribution is 0.0793. The van der Waals surface area contributed by atoms with Crippen LogP contribution in [-0.2, 0) is 4.74 Å². The number of hydrogen-bond donors (Lipinski definition) is 1. The van der Waals surface area contributed by atoms with E-state index in [0.717, 1.165) is 0 Å². The quantitative estimate of drug-likeness (QED) is 0.693. The molecule has 4 nitrogen and oxygen atoms in total. The van der Waals surface area contributed by atoms with Crippen LogP contribution in [0.2, 0.25) is 0 Å².